The fraction of sp³-hybridized carbons (Fsp3) is 0.462. The van der Waals surface area contributed by atoms with E-state index in [1.807, 2.05) is 13.0 Å². The molecule has 1 aromatic carbocycles. The highest BCUT2D eigenvalue weighted by atomic mass is 79.9. The average Bonchev–Trinajstić information content (AvgIpc) is 3.09. The van der Waals surface area contributed by atoms with Gasteiger partial charge in [0.2, 0.25) is 5.91 Å². The molecule has 0 aromatic heterocycles. The number of nitrogen functional groups attached to an aromatic ring is 1. The first-order valence-electron chi connectivity index (χ1n) is 5.99. The second-order valence-corrected chi connectivity index (χ2v) is 5.61. The van der Waals surface area contributed by atoms with Gasteiger partial charge < -0.3 is 15.8 Å². The van der Waals surface area contributed by atoms with E-state index in [0.717, 1.165) is 10.0 Å². The Morgan fingerprint density at radius 3 is 2.84 bits per heavy atom. The third kappa shape index (κ3) is 5.01. The number of nitrogens with one attached hydrogen (secondary N) is 1. The highest BCUT2D eigenvalue weighted by Gasteiger charge is 2.21. The van der Waals surface area contributed by atoms with Crippen molar-refractivity contribution in [2.45, 2.75) is 19.8 Å². The first-order valence-corrected chi connectivity index (χ1v) is 6.79. The largest absolute Gasteiger partial charge is 0.397 e. The molecule has 1 aliphatic rings. The van der Waals surface area contributed by atoms with Crippen molar-refractivity contribution in [2.75, 3.05) is 24.3 Å². The number of hydrogen-bond donors (Lipinski definition) is 2. The van der Waals surface area contributed by atoms with Gasteiger partial charge in [-0.2, -0.15) is 0 Å². The van der Waals surface area contributed by atoms with E-state index in [1.54, 1.807) is 6.07 Å². The predicted octanol–water partition coefficient (Wildman–Crippen LogP) is 3.13. The summed E-state index contributed by atoms with van der Waals surface area (Å²) in [6.07, 6.45) is 2.44. The second kappa shape index (κ2) is 7.12. The van der Waals surface area contributed by atoms with Crippen LogP contribution in [0.5, 0.6) is 0 Å². The van der Waals surface area contributed by atoms with Crippen molar-refractivity contribution in [2.24, 2.45) is 5.92 Å². The van der Waals surface area contributed by atoms with Gasteiger partial charge in [-0.25, -0.2) is 0 Å². The summed E-state index contributed by atoms with van der Waals surface area (Å²) < 4.78 is 6.22. The van der Waals surface area contributed by atoms with E-state index < -0.39 is 0 Å². The molecule has 0 heterocycles. The van der Waals surface area contributed by atoms with Crippen LogP contribution in [0.2, 0.25) is 0 Å². The van der Waals surface area contributed by atoms with E-state index in [-0.39, 0.29) is 24.9 Å². The van der Waals surface area contributed by atoms with Crippen LogP contribution in [-0.2, 0) is 9.53 Å². The van der Waals surface area contributed by atoms with Crippen LogP contribution >= 0.6 is 28.3 Å². The minimum atomic E-state index is -0.167. The Bertz CT molecular complexity index is 464. The number of halogens is 2. The third-order valence-electron chi connectivity index (χ3n) is 2.91. The van der Waals surface area contributed by atoms with Gasteiger partial charge in [0.25, 0.3) is 0 Å². The van der Waals surface area contributed by atoms with Crippen molar-refractivity contribution in [3.05, 3.63) is 22.2 Å². The van der Waals surface area contributed by atoms with Crippen LogP contribution in [-0.4, -0.2) is 19.1 Å². The van der Waals surface area contributed by atoms with E-state index >= 15 is 0 Å². The monoisotopic (exact) mass is 348 g/mol. The van der Waals surface area contributed by atoms with Gasteiger partial charge in [-0.1, -0.05) is 15.9 Å². The standard InChI is InChI=1S/C13H17BrN2O2.ClH/c1-8-4-10(14)5-11(13(8)15)16-12(17)7-18-6-9-2-3-9;/h4-5,9H,2-3,6-7,15H2,1H3,(H,16,17);1H. The molecule has 0 bridgehead atoms. The van der Waals surface area contributed by atoms with Crippen LogP contribution in [0.4, 0.5) is 11.4 Å². The fourth-order valence-electron chi connectivity index (χ4n) is 1.65. The number of hydrogen-bond acceptors (Lipinski definition) is 3. The molecule has 0 atom stereocenters. The Hall–Kier alpha value is -0.780. The molecule has 1 aromatic rings. The van der Waals surface area contributed by atoms with E-state index in [4.69, 9.17) is 10.5 Å². The highest BCUT2D eigenvalue weighted by Crippen LogP contribution is 2.29. The van der Waals surface area contributed by atoms with Crippen molar-refractivity contribution in [1.82, 2.24) is 0 Å². The molecule has 1 aliphatic carbocycles. The number of ether oxygens (including phenoxy) is 1. The SMILES string of the molecule is Cc1cc(Br)cc(NC(=O)COCC2CC2)c1N.Cl. The molecule has 6 heteroatoms. The van der Waals surface area contributed by atoms with Gasteiger partial charge >= 0.3 is 0 Å². The number of carbonyl (C=O) groups excluding carboxylic acids is 1. The first-order chi connectivity index (χ1) is 8.56. The molecule has 106 valence electrons. The van der Waals surface area contributed by atoms with Crippen molar-refractivity contribution >= 4 is 45.6 Å². The molecular formula is C13H18BrClN2O2. The zero-order valence-corrected chi connectivity index (χ0v) is 13.1. The number of aryl methyl sites for hydroxylation is 1. The summed E-state index contributed by atoms with van der Waals surface area (Å²) in [5.74, 6) is 0.496. The maximum absolute atomic E-state index is 11.7. The van der Waals surface area contributed by atoms with Crippen molar-refractivity contribution in [3.8, 4) is 0 Å². The van der Waals surface area contributed by atoms with Crippen LogP contribution < -0.4 is 11.1 Å². The van der Waals surface area contributed by atoms with Crippen LogP contribution in [0.1, 0.15) is 18.4 Å². The lowest BCUT2D eigenvalue weighted by atomic mass is 10.2. The van der Waals surface area contributed by atoms with Crippen LogP contribution in [0.15, 0.2) is 16.6 Å². The smallest absolute Gasteiger partial charge is 0.250 e. The molecule has 0 radical (unpaired) electrons. The fourth-order valence-corrected chi connectivity index (χ4v) is 2.22. The number of benzene rings is 1. The van der Waals surface area contributed by atoms with Crippen LogP contribution in [0, 0.1) is 12.8 Å². The number of anilines is 2. The van der Waals surface area contributed by atoms with E-state index in [1.165, 1.54) is 12.8 Å². The lowest BCUT2D eigenvalue weighted by molar-refractivity contribution is -0.120. The first kappa shape index (κ1) is 16.3. The predicted molar refractivity (Wildman–Crippen MR) is 82.7 cm³/mol. The van der Waals surface area contributed by atoms with Crippen LogP contribution in [0.3, 0.4) is 0 Å². The Balaban J connectivity index is 0.00000180. The summed E-state index contributed by atoms with van der Waals surface area (Å²) in [7, 11) is 0. The lowest BCUT2D eigenvalue weighted by Crippen LogP contribution is -2.20. The minimum Gasteiger partial charge on any atom is -0.397 e. The summed E-state index contributed by atoms with van der Waals surface area (Å²) in [5.41, 5.74) is 8.06. The number of rotatable bonds is 5. The van der Waals surface area contributed by atoms with Gasteiger partial charge in [0.1, 0.15) is 6.61 Å². The summed E-state index contributed by atoms with van der Waals surface area (Å²) >= 11 is 3.38. The number of amides is 1. The zero-order chi connectivity index (χ0) is 13.1. The summed E-state index contributed by atoms with van der Waals surface area (Å²) in [6.45, 7) is 2.67. The lowest BCUT2D eigenvalue weighted by Gasteiger charge is -2.11. The molecule has 2 rings (SSSR count). The summed E-state index contributed by atoms with van der Waals surface area (Å²) in [5, 5.41) is 2.77. The van der Waals surface area contributed by atoms with E-state index in [9.17, 15) is 4.79 Å². The summed E-state index contributed by atoms with van der Waals surface area (Å²) in [4.78, 5) is 11.7. The Morgan fingerprint density at radius 2 is 2.21 bits per heavy atom. The van der Waals surface area contributed by atoms with Crippen molar-refractivity contribution < 1.29 is 9.53 Å². The molecule has 0 spiro atoms. The maximum atomic E-state index is 11.7. The number of nitrogens with two attached hydrogens (primary N) is 1. The second-order valence-electron chi connectivity index (χ2n) is 4.69. The molecule has 3 N–H and O–H groups in total. The molecule has 0 unspecified atom stereocenters. The average molecular weight is 350 g/mol. The quantitative estimate of drug-likeness (QED) is 0.803. The zero-order valence-electron chi connectivity index (χ0n) is 10.7. The van der Waals surface area contributed by atoms with Gasteiger partial charge in [0.05, 0.1) is 18.0 Å². The van der Waals surface area contributed by atoms with Crippen molar-refractivity contribution in [3.63, 3.8) is 0 Å². The Labute approximate surface area is 127 Å². The topological polar surface area (TPSA) is 64.3 Å². The number of carbonyl (C=O) groups is 1. The Morgan fingerprint density at radius 1 is 1.53 bits per heavy atom. The summed E-state index contributed by atoms with van der Waals surface area (Å²) in [6, 6.07) is 3.70. The molecule has 1 saturated carbocycles. The minimum absolute atomic E-state index is 0. The molecule has 19 heavy (non-hydrogen) atoms. The van der Waals surface area contributed by atoms with E-state index in [2.05, 4.69) is 21.2 Å². The molecule has 4 nitrogen and oxygen atoms in total. The molecule has 0 aliphatic heterocycles. The molecule has 1 fully saturated rings. The van der Waals surface area contributed by atoms with Gasteiger partial charge in [0, 0.05) is 4.47 Å². The third-order valence-corrected chi connectivity index (χ3v) is 3.37. The van der Waals surface area contributed by atoms with Crippen molar-refractivity contribution in [1.29, 1.82) is 0 Å². The highest BCUT2D eigenvalue weighted by molar-refractivity contribution is 9.10. The van der Waals surface area contributed by atoms with Gasteiger partial charge in [0.15, 0.2) is 0 Å². The Kier molecular flexibility index (Phi) is 6.10. The molecule has 1 amide bonds. The maximum Gasteiger partial charge on any atom is 0.250 e. The normalized spacial score (nSPS) is 13.8. The van der Waals surface area contributed by atoms with Crippen LogP contribution in [0.25, 0.3) is 0 Å². The van der Waals surface area contributed by atoms with Gasteiger partial charge in [-0.05, 0) is 43.4 Å². The van der Waals surface area contributed by atoms with Gasteiger partial charge in [-0.3, -0.25) is 4.79 Å². The molecular weight excluding hydrogens is 332 g/mol. The van der Waals surface area contributed by atoms with E-state index in [0.29, 0.717) is 23.9 Å². The molecule has 0 saturated heterocycles. The van der Waals surface area contributed by atoms with Gasteiger partial charge in [-0.15, -0.1) is 12.4 Å².